The standard InChI is InChI=1S/C26H25BrN2O7S/c1-6-36-25(32)21-13(2)28-26-29(22(21)15-7-8-17(33-3)16(27)12-15)24(31)20(37-26)11-14-9-18(34-4)23(30)19(10-14)35-5/h7-12,22,30H,6H2,1-5H3/b20-11+/t22-/m0/s1. The number of methoxy groups -OCH3 is 3. The molecule has 0 unspecified atom stereocenters. The number of thiazole rings is 1. The number of hydrogen-bond donors (Lipinski definition) is 1. The van der Waals surface area contributed by atoms with Crippen LogP contribution in [0, 0.1) is 0 Å². The topological polar surface area (TPSA) is 109 Å². The molecule has 0 amide bonds. The van der Waals surface area contributed by atoms with Gasteiger partial charge in [0.1, 0.15) is 5.75 Å². The Morgan fingerprint density at radius 2 is 1.78 bits per heavy atom. The largest absolute Gasteiger partial charge is 0.502 e. The number of fused-ring (bicyclic) bond motifs is 1. The molecule has 0 aliphatic carbocycles. The molecular weight excluding hydrogens is 564 g/mol. The summed E-state index contributed by atoms with van der Waals surface area (Å²) in [5.41, 5.74) is 1.69. The minimum atomic E-state index is -0.761. The van der Waals surface area contributed by atoms with Gasteiger partial charge >= 0.3 is 5.97 Å². The first kappa shape index (κ1) is 26.5. The van der Waals surface area contributed by atoms with Crippen LogP contribution >= 0.6 is 27.3 Å². The van der Waals surface area contributed by atoms with Crippen LogP contribution in [0.1, 0.15) is 31.0 Å². The fourth-order valence-electron chi connectivity index (χ4n) is 4.11. The molecule has 2 heterocycles. The smallest absolute Gasteiger partial charge is 0.338 e. The summed E-state index contributed by atoms with van der Waals surface area (Å²) in [7, 11) is 4.42. The first-order chi connectivity index (χ1) is 17.7. The molecular formula is C26H25BrN2O7S. The number of phenols is 1. The van der Waals surface area contributed by atoms with Gasteiger partial charge in [-0.25, -0.2) is 9.79 Å². The quantitative estimate of drug-likeness (QED) is 0.422. The van der Waals surface area contributed by atoms with Gasteiger partial charge in [0.2, 0.25) is 5.75 Å². The van der Waals surface area contributed by atoms with Crippen LogP contribution in [-0.2, 0) is 9.53 Å². The van der Waals surface area contributed by atoms with Gasteiger partial charge in [0.15, 0.2) is 16.3 Å². The van der Waals surface area contributed by atoms with E-state index in [4.69, 9.17) is 18.9 Å². The number of carbonyl (C=O) groups is 1. The molecule has 1 aromatic heterocycles. The Labute approximate surface area is 225 Å². The van der Waals surface area contributed by atoms with Crippen LogP contribution in [0.15, 0.2) is 55.9 Å². The Kier molecular flexibility index (Phi) is 7.74. The molecule has 1 N–H and O–H groups in total. The van der Waals surface area contributed by atoms with Gasteiger partial charge in [-0.15, -0.1) is 0 Å². The average Bonchev–Trinajstić information content (AvgIpc) is 3.18. The summed E-state index contributed by atoms with van der Waals surface area (Å²) in [5, 5.41) is 10.2. The molecule has 0 spiro atoms. The van der Waals surface area contributed by atoms with Crippen molar-refractivity contribution < 1.29 is 28.8 Å². The molecule has 11 heteroatoms. The lowest BCUT2D eigenvalue weighted by molar-refractivity contribution is -0.139. The maximum atomic E-state index is 13.8. The molecule has 3 aromatic rings. The van der Waals surface area contributed by atoms with E-state index >= 15 is 0 Å². The zero-order valence-electron chi connectivity index (χ0n) is 20.8. The summed E-state index contributed by atoms with van der Waals surface area (Å²) in [4.78, 5) is 31.8. The average molecular weight is 589 g/mol. The predicted molar refractivity (Wildman–Crippen MR) is 142 cm³/mol. The monoisotopic (exact) mass is 588 g/mol. The van der Waals surface area contributed by atoms with E-state index in [1.54, 1.807) is 51.3 Å². The number of benzene rings is 2. The van der Waals surface area contributed by atoms with Gasteiger partial charge in [-0.05, 0) is 71.2 Å². The highest BCUT2D eigenvalue weighted by Crippen LogP contribution is 2.37. The van der Waals surface area contributed by atoms with Crippen molar-refractivity contribution in [2.24, 2.45) is 4.99 Å². The van der Waals surface area contributed by atoms with E-state index in [9.17, 15) is 14.7 Å². The normalized spacial score (nSPS) is 15.2. The van der Waals surface area contributed by atoms with Crippen molar-refractivity contribution in [3.63, 3.8) is 0 Å². The van der Waals surface area contributed by atoms with Crippen LogP contribution < -0.4 is 29.1 Å². The van der Waals surface area contributed by atoms with E-state index in [2.05, 4.69) is 20.9 Å². The van der Waals surface area contributed by atoms with Crippen LogP contribution in [0.5, 0.6) is 23.0 Å². The molecule has 4 rings (SSSR count). The first-order valence-electron chi connectivity index (χ1n) is 11.2. The molecule has 0 saturated carbocycles. The summed E-state index contributed by atoms with van der Waals surface area (Å²) in [6.45, 7) is 3.64. The Hall–Kier alpha value is -3.57. The number of hydrogen-bond acceptors (Lipinski definition) is 9. The van der Waals surface area contributed by atoms with Gasteiger partial charge in [-0.3, -0.25) is 9.36 Å². The number of carbonyl (C=O) groups excluding carboxylic acids is 1. The number of allylic oxidation sites excluding steroid dienone is 1. The summed E-state index contributed by atoms with van der Waals surface area (Å²) >= 11 is 4.69. The van der Waals surface area contributed by atoms with Gasteiger partial charge in [-0.1, -0.05) is 17.4 Å². The fourth-order valence-corrected chi connectivity index (χ4v) is 5.71. The van der Waals surface area contributed by atoms with Crippen molar-refractivity contribution in [3.05, 3.63) is 76.9 Å². The molecule has 0 saturated heterocycles. The molecule has 37 heavy (non-hydrogen) atoms. The van der Waals surface area contributed by atoms with Crippen LogP contribution in [0.25, 0.3) is 6.08 Å². The molecule has 1 aliphatic heterocycles. The van der Waals surface area contributed by atoms with Crippen LogP contribution in [0.4, 0.5) is 0 Å². The van der Waals surface area contributed by atoms with Crippen LogP contribution in [0.2, 0.25) is 0 Å². The maximum Gasteiger partial charge on any atom is 0.338 e. The summed E-state index contributed by atoms with van der Waals surface area (Å²) in [6, 6.07) is 7.83. The summed E-state index contributed by atoms with van der Waals surface area (Å²) in [5.74, 6) is 0.357. The van der Waals surface area contributed by atoms with Crippen molar-refractivity contribution >= 4 is 39.3 Å². The molecule has 0 bridgehead atoms. The third-order valence-corrected chi connectivity index (χ3v) is 7.41. The van der Waals surface area contributed by atoms with E-state index < -0.39 is 12.0 Å². The first-order valence-corrected chi connectivity index (χ1v) is 12.8. The van der Waals surface area contributed by atoms with Crippen molar-refractivity contribution in [1.82, 2.24) is 4.57 Å². The lowest BCUT2D eigenvalue weighted by Gasteiger charge is -2.25. The number of phenolic OH excluding ortho intramolecular Hbond substituents is 1. The molecule has 194 valence electrons. The number of nitrogens with zero attached hydrogens (tertiary/aromatic N) is 2. The maximum absolute atomic E-state index is 13.8. The number of aromatic nitrogens is 1. The molecule has 0 fully saturated rings. The van der Waals surface area contributed by atoms with E-state index in [0.29, 0.717) is 36.4 Å². The summed E-state index contributed by atoms with van der Waals surface area (Å²) in [6.07, 6.45) is 1.67. The van der Waals surface area contributed by atoms with Gasteiger partial charge in [0, 0.05) is 0 Å². The summed E-state index contributed by atoms with van der Waals surface area (Å²) < 4.78 is 23.7. The highest BCUT2D eigenvalue weighted by atomic mass is 79.9. The number of halogens is 1. The molecule has 1 atom stereocenters. The third-order valence-electron chi connectivity index (χ3n) is 5.81. The van der Waals surface area contributed by atoms with Crippen LogP contribution in [0.3, 0.4) is 0 Å². The van der Waals surface area contributed by atoms with E-state index in [0.717, 1.165) is 0 Å². The number of rotatable bonds is 7. The second-order valence-corrected chi connectivity index (χ2v) is 9.83. The highest BCUT2D eigenvalue weighted by Gasteiger charge is 2.33. The van der Waals surface area contributed by atoms with Crippen LogP contribution in [-0.4, -0.2) is 43.6 Å². The Morgan fingerprint density at radius 3 is 2.35 bits per heavy atom. The fraction of sp³-hybridized carbons (Fsp3) is 0.269. The third kappa shape index (κ3) is 4.88. The van der Waals surface area contributed by atoms with E-state index in [1.165, 1.54) is 30.1 Å². The minimum absolute atomic E-state index is 0.136. The Morgan fingerprint density at radius 1 is 1.14 bits per heavy atom. The molecule has 0 radical (unpaired) electrons. The Bertz CT molecular complexity index is 1560. The van der Waals surface area contributed by atoms with Crippen molar-refractivity contribution in [3.8, 4) is 23.0 Å². The van der Waals surface area contributed by atoms with Gasteiger partial charge < -0.3 is 24.1 Å². The molecule has 9 nitrogen and oxygen atoms in total. The van der Waals surface area contributed by atoms with Crippen molar-refractivity contribution in [1.29, 1.82) is 0 Å². The highest BCUT2D eigenvalue weighted by molar-refractivity contribution is 9.10. The van der Waals surface area contributed by atoms with Gasteiger partial charge in [-0.2, -0.15) is 0 Å². The number of aromatic hydroxyl groups is 1. The van der Waals surface area contributed by atoms with Crippen molar-refractivity contribution in [2.45, 2.75) is 19.9 Å². The van der Waals surface area contributed by atoms with E-state index in [-0.39, 0.29) is 35.0 Å². The Balaban J connectivity index is 1.96. The minimum Gasteiger partial charge on any atom is -0.502 e. The lowest BCUT2D eigenvalue weighted by Crippen LogP contribution is -2.39. The predicted octanol–water partition coefficient (Wildman–Crippen LogP) is 3.29. The molecule has 2 aromatic carbocycles. The second kappa shape index (κ2) is 10.8. The zero-order chi connectivity index (χ0) is 26.9. The zero-order valence-corrected chi connectivity index (χ0v) is 23.2. The molecule has 1 aliphatic rings. The van der Waals surface area contributed by atoms with Gasteiger partial charge in [0.05, 0.1) is 54.3 Å². The number of esters is 1. The van der Waals surface area contributed by atoms with E-state index in [1.807, 2.05) is 6.07 Å². The lowest BCUT2D eigenvalue weighted by atomic mass is 9.96. The number of ether oxygens (including phenoxy) is 4. The van der Waals surface area contributed by atoms with Crippen molar-refractivity contribution in [2.75, 3.05) is 27.9 Å². The van der Waals surface area contributed by atoms with Gasteiger partial charge in [0.25, 0.3) is 5.56 Å². The second-order valence-electron chi connectivity index (χ2n) is 7.97. The SMILES string of the molecule is CCOC(=O)C1=C(C)N=c2s/c(=C/c3cc(OC)c(O)c(OC)c3)c(=O)n2[C@H]1c1ccc(OC)c(Br)c1.